The van der Waals surface area contributed by atoms with Crippen molar-refractivity contribution >= 4 is 5.91 Å². The van der Waals surface area contributed by atoms with Gasteiger partial charge in [0.05, 0.1) is 0 Å². The number of rotatable bonds is 3. The van der Waals surface area contributed by atoms with Gasteiger partial charge in [0.1, 0.15) is 0 Å². The largest absolute Gasteiger partial charge is 0.352 e. The third kappa shape index (κ3) is 5.01. The number of hydrogen-bond donors (Lipinski definition) is 1. The lowest BCUT2D eigenvalue weighted by Crippen LogP contribution is -2.29. The molecule has 0 saturated heterocycles. The fourth-order valence-electron chi connectivity index (χ4n) is 2.13. The highest BCUT2D eigenvalue weighted by atomic mass is 16.1. The summed E-state index contributed by atoms with van der Waals surface area (Å²) >= 11 is 0. The second-order valence-corrected chi connectivity index (χ2v) is 4.70. The van der Waals surface area contributed by atoms with E-state index in [1.807, 2.05) is 0 Å². The first-order valence-electron chi connectivity index (χ1n) is 6.14. The van der Waals surface area contributed by atoms with Crippen molar-refractivity contribution in [1.82, 2.24) is 5.32 Å². The summed E-state index contributed by atoms with van der Waals surface area (Å²) in [6.45, 7) is 6.24. The normalized spacial score (nSPS) is 19.0. The molecule has 0 unspecified atom stereocenters. The second-order valence-electron chi connectivity index (χ2n) is 4.70. The predicted molar refractivity (Wildman–Crippen MR) is 63.6 cm³/mol. The average Bonchev–Trinajstić information content (AvgIpc) is 2.15. The van der Waals surface area contributed by atoms with Crippen molar-refractivity contribution in [3.8, 4) is 0 Å². The minimum absolute atomic E-state index is 0.0112. The molecule has 0 atom stereocenters. The van der Waals surface area contributed by atoms with Crippen LogP contribution in [-0.2, 0) is 4.79 Å². The van der Waals surface area contributed by atoms with Gasteiger partial charge in [-0.25, -0.2) is 0 Å². The van der Waals surface area contributed by atoms with Gasteiger partial charge in [0, 0.05) is 12.1 Å². The molecule has 1 saturated carbocycles. The lowest BCUT2D eigenvalue weighted by Gasteiger charge is -2.19. The molecule has 0 heterocycles. The first kappa shape index (κ1) is 12.3. The van der Waals surface area contributed by atoms with E-state index in [0.717, 1.165) is 6.54 Å². The third-order valence-corrected chi connectivity index (χ3v) is 3.16. The van der Waals surface area contributed by atoms with Crippen LogP contribution >= 0.6 is 0 Å². The summed E-state index contributed by atoms with van der Waals surface area (Å²) in [5.41, 5.74) is 0.612. The number of amides is 1. The van der Waals surface area contributed by atoms with Crippen molar-refractivity contribution in [2.24, 2.45) is 5.92 Å². The lowest BCUT2D eigenvalue weighted by atomic mass is 9.91. The molecule has 0 aromatic carbocycles. The first-order chi connectivity index (χ1) is 7.20. The van der Waals surface area contributed by atoms with E-state index in [2.05, 4.69) is 11.9 Å². The Morgan fingerprint density at radius 2 is 1.73 bits per heavy atom. The number of carbonyl (C=O) groups is 1. The van der Waals surface area contributed by atoms with Crippen LogP contribution in [0.25, 0.3) is 0 Å². The highest BCUT2D eigenvalue weighted by Crippen LogP contribution is 2.21. The summed E-state index contributed by atoms with van der Waals surface area (Å²) in [6.07, 6.45) is 9.33. The van der Waals surface area contributed by atoms with E-state index >= 15 is 0 Å². The van der Waals surface area contributed by atoms with E-state index in [4.69, 9.17) is 0 Å². The highest BCUT2D eigenvalue weighted by molar-refractivity contribution is 5.92. The fourth-order valence-corrected chi connectivity index (χ4v) is 2.13. The average molecular weight is 209 g/mol. The third-order valence-electron chi connectivity index (χ3n) is 3.16. The van der Waals surface area contributed by atoms with Gasteiger partial charge in [-0.05, 0) is 25.7 Å². The molecule has 0 aromatic heterocycles. The summed E-state index contributed by atoms with van der Waals surface area (Å²) in [6, 6.07) is 0. The van der Waals surface area contributed by atoms with E-state index in [9.17, 15) is 4.79 Å². The van der Waals surface area contributed by atoms with E-state index in [-0.39, 0.29) is 5.91 Å². The van der Waals surface area contributed by atoms with Gasteiger partial charge >= 0.3 is 0 Å². The number of hydrogen-bond acceptors (Lipinski definition) is 1. The van der Waals surface area contributed by atoms with E-state index < -0.39 is 0 Å². The molecule has 0 aliphatic heterocycles. The fraction of sp³-hybridized carbons (Fsp3) is 0.769. The molecule has 1 amide bonds. The summed E-state index contributed by atoms with van der Waals surface area (Å²) in [5.74, 6) is 0.700. The van der Waals surface area contributed by atoms with Crippen LogP contribution in [0.5, 0.6) is 0 Å². The molecule has 2 nitrogen and oxygen atoms in total. The van der Waals surface area contributed by atoms with Crippen molar-refractivity contribution < 1.29 is 4.79 Å². The van der Waals surface area contributed by atoms with Gasteiger partial charge in [-0.1, -0.05) is 38.7 Å². The van der Waals surface area contributed by atoms with Crippen LogP contribution in [0, 0.1) is 5.92 Å². The molecule has 15 heavy (non-hydrogen) atoms. The van der Waals surface area contributed by atoms with Crippen molar-refractivity contribution in [2.45, 2.75) is 51.9 Å². The highest BCUT2D eigenvalue weighted by Gasteiger charge is 2.12. The molecule has 1 aliphatic carbocycles. The molecule has 0 radical (unpaired) electrons. The van der Waals surface area contributed by atoms with Crippen LogP contribution in [0.15, 0.2) is 12.2 Å². The minimum Gasteiger partial charge on any atom is -0.352 e. The second kappa shape index (κ2) is 6.65. The molecule has 1 N–H and O–H groups in total. The van der Waals surface area contributed by atoms with Crippen molar-refractivity contribution in [3.05, 3.63) is 12.2 Å². The first-order valence-corrected chi connectivity index (χ1v) is 6.14. The van der Waals surface area contributed by atoms with Crippen LogP contribution in [-0.4, -0.2) is 12.5 Å². The summed E-state index contributed by atoms with van der Waals surface area (Å²) in [7, 11) is 0. The van der Waals surface area contributed by atoms with Gasteiger partial charge in [-0.2, -0.15) is 0 Å². The molecule has 2 heteroatoms. The van der Waals surface area contributed by atoms with Gasteiger partial charge in [0.15, 0.2) is 0 Å². The zero-order valence-electron chi connectivity index (χ0n) is 9.85. The Hall–Kier alpha value is -0.790. The summed E-state index contributed by atoms with van der Waals surface area (Å²) in [5, 5.41) is 2.96. The standard InChI is InChI=1S/C13H23NO/c1-11(2)13(15)14-10-12-8-6-4-3-5-7-9-12/h12H,1,3-10H2,2H3,(H,14,15). The topological polar surface area (TPSA) is 29.1 Å². The quantitative estimate of drug-likeness (QED) is 0.711. The van der Waals surface area contributed by atoms with E-state index in [1.165, 1.54) is 44.9 Å². The van der Waals surface area contributed by atoms with Crippen molar-refractivity contribution in [2.75, 3.05) is 6.54 Å². The molecule has 1 aliphatic rings. The molecule has 0 aromatic rings. The van der Waals surface area contributed by atoms with E-state index in [0.29, 0.717) is 11.5 Å². The number of nitrogens with one attached hydrogen (secondary N) is 1. The maximum Gasteiger partial charge on any atom is 0.246 e. The Balaban J connectivity index is 2.23. The van der Waals surface area contributed by atoms with Gasteiger partial charge in [0.25, 0.3) is 0 Å². The smallest absolute Gasteiger partial charge is 0.246 e. The minimum atomic E-state index is 0.0112. The Kier molecular flexibility index (Phi) is 5.44. The van der Waals surface area contributed by atoms with Crippen LogP contribution in [0.1, 0.15) is 51.9 Å². The molecule has 0 spiro atoms. The van der Waals surface area contributed by atoms with Gasteiger partial charge in [-0.3, -0.25) is 4.79 Å². The number of carbonyl (C=O) groups excluding carboxylic acids is 1. The predicted octanol–water partition coefficient (Wildman–Crippen LogP) is 3.04. The SMILES string of the molecule is C=C(C)C(=O)NCC1CCCCCCC1. The molecule has 86 valence electrons. The Labute approximate surface area is 93.1 Å². The maximum absolute atomic E-state index is 11.3. The van der Waals surface area contributed by atoms with Gasteiger partial charge in [-0.15, -0.1) is 0 Å². The molecular formula is C13H23NO. The van der Waals surface area contributed by atoms with Crippen molar-refractivity contribution in [3.63, 3.8) is 0 Å². The monoisotopic (exact) mass is 209 g/mol. The van der Waals surface area contributed by atoms with Crippen LogP contribution in [0.2, 0.25) is 0 Å². The van der Waals surface area contributed by atoms with Crippen LogP contribution in [0.4, 0.5) is 0 Å². The lowest BCUT2D eigenvalue weighted by molar-refractivity contribution is -0.117. The Morgan fingerprint density at radius 3 is 2.27 bits per heavy atom. The molecular weight excluding hydrogens is 186 g/mol. The summed E-state index contributed by atoms with van der Waals surface area (Å²) < 4.78 is 0. The molecule has 1 rings (SSSR count). The Bertz CT molecular complexity index is 215. The van der Waals surface area contributed by atoms with E-state index in [1.54, 1.807) is 6.92 Å². The zero-order chi connectivity index (χ0) is 11.1. The van der Waals surface area contributed by atoms with Crippen LogP contribution < -0.4 is 5.32 Å². The molecule has 1 fully saturated rings. The van der Waals surface area contributed by atoms with Crippen LogP contribution in [0.3, 0.4) is 0 Å². The summed E-state index contributed by atoms with van der Waals surface area (Å²) in [4.78, 5) is 11.3. The maximum atomic E-state index is 11.3. The van der Waals surface area contributed by atoms with Gasteiger partial charge in [0.2, 0.25) is 5.91 Å². The van der Waals surface area contributed by atoms with Crippen molar-refractivity contribution in [1.29, 1.82) is 0 Å². The van der Waals surface area contributed by atoms with Gasteiger partial charge < -0.3 is 5.32 Å². The Morgan fingerprint density at radius 1 is 1.20 bits per heavy atom. The zero-order valence-corrected chi connectivity index (χ0v) is 9.85. The molecule has 0 bridgehead atoms.